The van der Waals surface area contributed by atoms with Crippen molar-refractivity contribution in [1.29, 1.82) is 0 Å². The van der Waals surface area contributed by atoms with Crippen molar-refractivity contribution in [3.8, 4) is 0 Å². The summed E-state index contributed by atoms with van der Waals surface area (Å²) in [5, 5.41) is 4.70. The van der Waals surface area contributed by atoms with E-state index in [4.69, 9.17) is 0 Å². The lowest BCUT2D eigenvalue weighted by atomic mass is 10.1. The quantitative estimate of drug-likeness (QED) is 0.896. The van der Waals surface area contributed by atoms with Crippen LogP contribution in [0.5, 0.6) is 0 Å². The fraction of sp³-hybridized carbons (Fsp3) is 0.389. The summed E-state index contributed by atoms with van der Waals surface area (Å²) in [5.74, 6) is 0. The largest absolute Gasteiger partial charge is 0.308 e. The minimum Gasteiger partial charge on any atom is -0.308 e. The van der Waals surface area contributed by atoms with Gasteiger partial charge in [-0.2, -0.15) is 0 Å². The fourth-order valence-corrected chi connectivity index (χ4v) is 2.08. The lowest BCUT2D eigenvalue weighted by Crippen LogP contribution is -2.36. The summed E-state index contributed by atoms with van der Waals surface area (Å²) < 4.78 is 0. The monoisotopic (exact) mass is 268 g/mol. The molecule has 0 amide bonds. The van der Waals surface area contributed by atoms with Gasteiger partial charge in [0.1, 0.15) is 0 Å². The Hall–Kier alpha value is -1.67. The fourth-order valence-electron chi connectivity index (χ4n) is 2.08. The Balaban J connectivity index is 2.18. The molecule has 0 fully saturated rings. The molecule has 0 saturated carbocycles. The van der Waals surface area contributed by atoms with E-state index in [-0.39, 0.29) is 5.54 Å². The molecule has 0 radical (unpaired) electrons. The molecule has 0 unspecified atom stereocenters. The number of benzene rings is 1. The Bertz CT molecular complexity index is 633. The first-order valence-electron chi connectivity index (χ1n) is 7.13. The molecule has 0 aliphatic heterocycles. The lowest BCUT2D eigenvalue weighted by Gasteiger charge is -2.20. The maximum Gasteiger partial charge on any atom is 0.0705 e. The van der Waals surface area contributed by atoms with Crippen LogP contribution in [0, 0.1) is 6.92 Å². The van der Waals surface area contributed by atoms with E-state index in [1.165, 1.54) is 16.5 Å². The van der Waals surface area contributed by atoms with Crippen LogP contribution in [0.1, 0.15) is 39.0 Å². The van der Waals surface area contributed by atoms with E-state index < -0.39 is 0 Å². The van der Waals surface area contributed by atoms with Crippen LogP contribution in [-0.4, -0.2) is 17.1 Å². The molecule has 0 bridgehead atoms. The van der Waals surface area contributed by atoms with Gasteiger partial charge < -0.3 is 5.32 Å². The van der Waals surface area contributed by atoms with Crippen molar-refractivity contribution in [2.24, 2.45) is 0 Å². The topological polar surface area (TPSA) is 24.9 Å². The number of nitrogens with one attached hydrogen (secondary N) is 1. The van der Waals surface area contributed by atoms with Crippen molar-refractivity contribution in [2.75, 3.05) is 6.54 Å². The van der Waals surface area contributed by atoms with E-state index in [2.05, 4.69) is 74.4 Å². The molecule has 2 rings (SSSR count). The highest BCUT2D eigenvalue weighted by Gasteiger charge is 2.07. The van der Waals surface area contributed by atoms with Gasteiger partial charge >= 0.3 is 0 Å². The zero-order valence-corrected chi connectivity index (χ0v) is 13.1. The average molecular weight is 268 g/mol. The van der Waals surface area contributed by atoms with E-state index in [0.29, 0.717) is 0 Å². The Morgan fingerprint density at radius 2 is 1.95 bits per heavy atom. The number of rotatable bonds is 3. The highest BCUT2D eigenvalue weighted by molar-refractivity contribution is 5.81. The summed E-state index contributed by atoms with van der Waals surface area (Å²) in [6.45, 7) is 11.7. The predicted molar refractivity (Wildman–Crippen MR) is 87.9 cm³/mol. The van der Waals surface area contributed by atoms with Crippen molar-refractivity contribution >= 4 is 17.0 Å². The number of aryl methyl sites for hydroxylation is 1. The average Bonchev–Trinajstić information content (AvgIpc) is 2.36. The Morgan fingerprint density at radius 1 is 1.20 bits per heavy atom. The summed E-state index contributed by atoms with van der Waals surface area (Å²) in [4.78, 5) is 4.53. The van der Waals surface area contributed by atoms with Crippen molar-refractivity contribution in [1.82, 2.24) is 10.3 Å². The molecule has 2 heteroatoms. The van der Waals surface area contributed by atoms with E-state index >= 15 is 0 Å². The van der Waals surface area contributed by atoms with Gasteiger partial charge in [0.25, 0.3) is 0 Å². The third-order valence-electron chi connectivity index (χ3n) is 3.16. The first-order valence-corrected chi connectivity index (χ1v) is 7.13. The number of aromatic nitrogens is 1. The Morgan fingerprint density at radius 3 is 2.65 bits per heavy atom. The molecule has 2 nitrogen and oxygen atoms in total. The van der Waals surface area contributed by atoms with Gasteiger partial charge in [-0.25, -0.2) is 0 Å². The normalized spacial score (nSPS) is 12.9. The Labute approximate surface area is 121 Å². The van der Waals surface area contributed by atoms with Crippen LogP contribution in [-0.2, 0) is 0 Å². The molecule has 0 atom stereocenters. The molecule has 1 aromatic heterocycles. The van der Waals surface area contributed by atoms with Crippen LogP contribution in [0.4, 0.5) is 0 Å². The lowest BCUT2D eigenvalue weighted by molar-refractivity contribution is 0.445. The second kappa shape index (κ2) is 5.76. The molecule has 0 aliphatic rings. The van der Waals surface area contributed by atoms with Crippen molar-refractivity contribution in [2.45, 2.75) is 40.2 Å². The highest BCUT2D eigenvalue weighted by atomic mass is 14.9. The zero-order valence-electron chi connectivity index (χ0n) is 13.1. The molecule has 1 N–H and O–H groups in total. The first kappa shape index (κ1) is 14.7. The minimum atomic E-state index is 0.153. The van der Waals surface area contributed by atoms with Crippen LogP contribution >= 0.6 is 0 Å². The molecule has 0 saturated heterocycles. The van der Waals surface area contributed by atoms with E-state index in [1.54, 1.807) is 0 Å². The summed E-state index contributed by atoms with van der Waals surface area (Å²) in [6.07, 6.45) is 2.23. The van der Waals surface area contributed by atoms with Crippen molar-refractivity contribution in [3.05, 3.63) is 47.2 Å². The van der Waals surface area contributed by atoms with Crippen LogP contribution < -0.4 is 5.32 Å². The zero-order chi connectivity index (χ0) is 14.8. The molecule has 2 aromatic rings. The second-order valence-corrected chi connectivity index (χ2v) is 6.50. The number of fused-ring (bicyclic) bond motifs is 1. The van der Waals surface area contributed by atoms with Gasteiger partial charge in [0.15, 0.2) is 0 Å². The molecular weight excluding hydrogens is 244 g/mol. The van der Waals surface area contributed by atoms with Gasteiger partial charge in [-0.1, -0.05) is 23.8 Å². The molecule has 1 aromatic carbocycles. The van der Waals surface area contributed by atoms with Crippen LogP contribution in [0.3, 0.4) is 0 Å². The summed E-state index contributed by atoms with van der Waals surface area (Å²) in [7, 11) is 0. The smallest absolute Gasteiger partial charge is 0.0705 e. The summed E-state index contributed by atoms with van der Waals surface area (Å²) in [5.41, 5.74) is 4.84. The molecule has 20 heavy (non-hydrogen) atoms. The molecule has 0 spiro atoms. The maximum atomic E-state index is 4.53. The summed E-state index contributed by atoms with van der Waals surface area (Å²) in [6, 6.07) is 10.6. The van der Waals surface area contributed by atoms with Gasteiger partial charge in [-0.05, 0) is 58.4 Å². The number of hydrogen-bond acceptors (Lipinski definition) is 2. The van der Waals surface area contributed by atoms with Crippen LogP contribution in [0.25, 0.3) is 17.0 Å². The second-order valence-electron chi connectivity index (χ2n) is 6.50. The minimum absolute atomic E-state index is 0.153. The predicted octanol–water partition coefficient (Wildman–Crippen LogP) is 4.33. The summed E-state index contributed by atoms with van der Waals surface area (Å²) >= 11 is 0. The third-order valence-corrected chi connectivity index (χ3v) is 3.16. The SMILES string of the molecule is C/C(=C/c1ccc2nc(C)ccc2c1)CNC(C)(C)C. The van der Waals surface area contributed by atoms with Gasteiger partial charge in [-0.3, -0.25) is 4.98 Å². The molecule has 106 valence electrons. The van der Waals surface area contributed by atoms with Crippen molar-refractivity contribution < 1.29 is 0 Å². The molecular formula is C18H24N2. The van der Waals surface area contributed by atoms with Gasteiger partial charge in [0.2, 0.25) is 0 Å². The number of nitrogens with zero attached hydrogens (tertiary/aromatic N) is 1. The van der Waals surface area contributed by atoms with E-state index in [1.807, 2.05) is 6.92 Å². The van der Waals surface area contributed by atoms with Crippen molar-refractivity contribution in [3.63, 3.8) is 0 Å². The Kier molecular flexibility index (Phi) is 4.24. The van der Waals surface area contributed by atoms with Gasteiger partial charge in [0.05, 0.1) is 5.52 Å². The number of hydrogen-bond donors (Lipinski definition) is 1. The first-order chi connectivity index (χ1) is 9.33. The van der Waals surface area contributed by atoms with Crippen LogP contribution in [0.15, 0.2) is 35.9 Å². The number of pyridine rings is 1. The molecule has 0 aliphatic carbocycles. The van der Waals surface area contributed by atoms with E-state index in [9.17, 15) is 0 Å². The van der Waals surface area contributed by atoms with E-state index in [0.717, 1.165) is 17.8 Å². The highest BCUT2D eigenvalue weighted by Crippen LogP contribution is 2.17. The standard InChI is InChI=1S/C18H24N2/c1-13(12-19-18(3,4)5)10-15-7-9-17-16(11-15)8-6-14(2)20-17/h6-11,19H,12H2,1-5H3/b13-10-. The van der Waals surface area contributed by atoms with Gasteiger partial charge in [0, 0.05) is 23.2 Å². The van der Waals surface area contributed by atoms with Gasteiger partial charge in [-0.15, -0.1) is 0 Å². The maximum absolute atomic E-state index is 4.53. The van der Waals surface area contributed by atoms with Crippen LogP contribution in [0.2, 0.25) is 0 Å². The molecule has 1 heterocycles. The third kappa shape index (κ3) is 4.17.